The highest BCUT2D eigenvalue weighted by molar-refractivity contribution is 8.82. The third-order valence-electron chi connectivity index (χ3n) is 9.84. The number of benzene rings is 3. The number of amides is 7. The Morgan fingerprint density at radius 2 is 1.67 bits per heavy atom. The zero-order valence-corrected chi connectivity index (χ0v) is 37.7. The number of urea groups is 1. The van der Waals surface area contributed by atoms with Crippen LogP contribution in [0.1, 0.15) is 67.1 Å². The number of hydrogen-bond donors (Lipinski definition) is 7. The Morgan fingerprint density at radius 1 is 0.953 bits per heavy atom. The van der Waals surface area contributed by atoms with Crippen LogP contribution in [0.4, 0.5) is 24.5 Å². The third kappa shape index (κ3) is 14.4. The molecule has 0 aliphatic carbocycles. The number of carbonyl (C=O) groups excluding carboxylic acids is 7. The molecule has 5 rings (SSSR count). The number of carbonyl (C=O) groups is 7. The Bertz CT molecular complexity index is 2340. The molecular weight excluding hydrogens is 868 g/mol. The molecule has 20 heteroatoms. The van der Waals surface area contributed by atoms with E-state index in [9.17, 15) is 38.0 Å². The minimum atomic E-state index is -0.991. The molecular formula is C44H53FN8O9S2. The molecule has 7 amide bonds. The second-order valence-corrected chi connectivity index (χ2v) is 18.4. The van der Waals surface area contributed by atoms with Gasteiger partial charge in [-0.15, -0.1) is 0 Å². The Kier molecular flexibility index (Phi) is 17.4. The number of halogens is 1. The summed E-state index contributed by atoms with van der Waals surface area (Å²) in [5.41, 5.74) is 10.0. The fourth-order valence-corrected chi connectivity index (χ4v) is 8.63. The molecule has 3 aromatic carbocycles. The van der Waals surface area contributed by atoms with Gasteiger partial charge in [0, 0.05) is 60.1 Å². The van der Waals surface area contributed by atoms with E-state index in [1.807, 2.05) is 45.0 Å². The number of anilines is 1. The van der Waals surface area contributed by atoms with Gasteiger partial charge in [-0.25, -0.2) is 18.8 Å². The Morgan fingerprint density at radius 3 is 2.38 bits per heavy atom. The van der Waals surface area contributed by atoms with Crippen molar-refractivity contribution < 1.29 is 47.4 Å². The van der Waals surface area contributed by atoms with Crippen LogP contribution in [0.25, 0.3) is 22.2 Å². The van der Waals surface area contributed by atoms with Gasteiger partial charge >= 0.3 is 18.2 Å². The Balaban J connectivity index is 1.08. The molecule has 0 spiro atoms. The molecule has 2 heterocycles. The van der Waals surface area contributed by atoms with Crippen molar-refractivity contribution in [2.24, 2.45) is 11.1 Å². The summed E-state index contributed by atoms with van der Waals surface area (Å²) in [6.45, 7) is 5.94. The lowest BCUT2D eigenvalue weighted by atomic mass is 9.99. The molecule has 0 saturated heterocycles. The quantitative estimate of drug-likeness (QED) is 0.0427. The summed E-state index contributed by atoms with van der Waals surface area (Å²) in [7, 11) is 3.96. The van der Waals surface area contributed by atoms with Gasteiger partial charge in [-0.05, 0) is 83.0 Å². The van der Waals surface area contributed by atoms with Gasteiger partial charge < -0.3 is 51.7 Å². The standard InChI is InChI=1S/C44H53FN8O9S2/c1-44(2,3)40(57)64-63-20-19-61-42(59)49-23-35(54)51-33(7-5-6-17-48-41(46)58)39(56)50-30-14-10-27(11-15-30)25-62-43(60)53(4)24-26-8-12-28(13-9-26)37-31-16-18-47-38(55)32-21-29(45)22-34(52-37)36(31)32/h8-15,21-22,33,52H,5-7,16-20,23-25H2,1-4H3,(H,47,55)(H,49,59)(H,50,56)(H,51,54)(H3,46,48,58)/t33-/m0/s1. The number of H-pyrrole nitrogens is 1. The molecule has 0 saturated carbocycles. The van der Waals surface area contributed by atoms with E-state index in [0.29, 0.717) is 59.3 Å². The summed E-state index contributed by atoms with van der Waals surface area (Å²) in [5, 5.41) is 13.8. The van der Waals surface area contributed by atoms with E-state index in [1.165, 1.54) is 27.8 Å². The first-order chi connectivity index (χ1) is 30.5. The van der Waals surface area contributed by atoms with Crippen LogP contribution in [-0.2, 0) is 43.4 Å². The van der Waals surface area contributed by atoms with Crippen molar-refractivity contribution in [3.8, 4) is 11.3 Å². The zero-order chi connectivity index (χ0) is 46.4. The van der Waals surface area contributed by atoms with E-state index >= 15 is 0 Å². The van der Waals surface area contributed by atoms with Crippen molar-refractivity contribution in [2.75, 3.05) is 44.4 Å². The smallest absolute Gasteiger partial charge is 0.410 e. The topological polar surface area (TPSA) is 243 Å². The van der Waals surface area contributed by atoms with Gasteiger partial charge in [-0.1, -0.05) is 68.0 Å². The van der Waals surface area contributed by atoms with E-state index < -0.39 is 53.9 Å². The Labute approximate surface area is 377 Å². The fraction of sp³-hybridized carbons (Fsp3) is 0.386. The van der Waals surface area contributed by atoms with Crippen LogP contribution in [0.15, 0.2) is 60.7 Å². The van der Waals surface area contributed by atoms with Crippen LogP contribution in [0.3, 0.4) is 0 Å². The van der Waals surface area contributed by atoms with Gasteiger partial charge in [-0.3, -0.25) is 19.2 Å². The van der Waals surface area contributed by atoms with Crippen molar-refractivity contribution in [3.63, 3.8) is 0 Å². The zero-order valence-electron chi connectivity index (χ0n) is 36.0. The van der Waals surface area contributed by atoms with Crippen molar-refractivity contribution in [3.05, 3.63) is 88.7 Å². The van der Waals surface area contributed by atoms with Crippen LogP contribution in [0.2, 0.25) is 0 Å². The van der Waals surface area contributed by atoms with E-state index in [1.54, 1.807) is 31.3 Å². The molecule has 64 heavy (non-hydrogen) atoms. The van der Waals surface area contributed by atoms with E-state index in [-0.39, 0.29) is 43.7 Å². The lowest BCUT2D eigenvalue weighted by molar-refractivity contribution is -0.126. The number of alkyl carbamates (subject to hydrolysis) is 1. The largest absolute Gasteiger partial charge is 0.449 e. The summed E-state index contributed by atoms with van der Waals surface area (Å²) in [6.07, 6.45) is 0.346. The molecule has 1 aromatic heterocycles. The van der Waals surface area contributed by atoms with Crippen LogP contribution < -0.4 is 32.3 Å². The molecule has 0 fully saturated rings. The SMILES string of the molecule is CN(Cc1ccc(-c2[nH]c3cc(F)cc4c3c2CCNC4=O)cc1)C(=O)OCc1ccc(NC(=O)[C@H](CCCCNC(N)=O)NC(=O)CNC(=O)OCCSSC(=O)C(C)(C)C)cc1. The first kappa shape index (κ1) is 48.7. The van der Waals surface area contributed by atoms with Crippen LogP contribution in [0.5, 0.6) is 0 Å². The molecule has 17 nitrogen and oxygen atoms in total. The highest BCUT2D eigenvalue weighted by atomic mass is 33.1. The number of rotatable bonds is 19. The minimum absolute atomic E-state index is 0.00112. The number of primary amides is 1. The predicted octanol–water partition coefficient (Wildman–Crippen LogP) is 5.97. The van der Waals surface area contributed by atoms with Gasteiger partial charge in [-0.2, -0.15) is 0 Å². The van der Waals surface area contributed by atoms with Crippen molar-refractivity contribution in [2.45, 2.75) is 65.6 Å². The number of hydrogen-bond acceptors (Lipinski definition) is 11. The number of nitrogens with zero attached hydrogens (tertiary/aromatic N) is 1. The first-order valence-electron chi connectivity index (χ1n) is 20.5. The number of aromatic nitrogens is 1. The molecule has 1 aliphatic rings. The number of nitrogens with one attached hydrogen (secondary N) is 6. The fourth-order valence-electron chi connectivity index (χ4n) is 6.51. The van der Waals surface area contributed by atoms with Gasteiger partial charge in [0.25, 0.3) is 5.91 Å². The second kappa shape index (κ2) is 22.9. The normalized spacial score (nSPS) is 12.6. The number of aromatic amines is 1. The lowest BCUT2D eigenvalue weighted by Crippen LogP contribution is -2.47. The van der Waals surface area contributed by atoms with E-state index in [2.05, 4.69) is 31.6 Å². The Hall–Kier alpha value is -6.28. The molecule has 1 atom stereocenters. The summed E-state index contributed by atoms with van der Waals surface area (Å²) in [5.74, 6) is -1.59. The van der Waals surface area contributed by atoms with Crippen molar-refractivity contribution in [1.29, 1.82) is 0 Å². The average Bonchev–Trinajstić information content (AvgIpc) is 3.52. The number of ether oxygens (including phenoxy) is 2. The van der Waals surface area contributed by atoms with Crippen LogP contribution in [-0.4, -0.2) is 96.0 Å². The summed E-state index contributed by atoms with van der Waals surface area (Å²) >= 11 is 0. The monoisotopic (exact) mass is 920 g/mol. The molecule has 0 radical (unpaired) electrons. The maximum atomic E-state index is 14.3. The lowest BCUT2D eigenvalue weighted by Gasteiger charge is -2.19. The van der Waals surface area contributed by atoms with Crippen LogP contribution >= 0.6 is 21.6 Å². The molecule has 342 valence electrons. The second-order valence-electron chi connectivity index (χ2n) is 16.0. The minimum Gasteiger partial charge on any atom is -0.449 e. The number of unbranched alkanes of at least 4 members (excludes halogenated alkanes) is 1. The van der Waals surface area contributed by atoms with E-state index in [0.717, 1.165) is 33.2 Å². The maximum Gasteiger partial charge on any atom is 0.410 e. The highest BCUT2D eigenvalue weighted by Gasteiger charge is 2.25. The number of nitrogens with two attached hydrogens (primary N) is 1. The van der Waals surface area contributed by atoms with Gasteiger partial charge in [0.1, 0.15) is 31.6 Å². The van der Waals surface area contributed by atoms with Crippen molar-refractivity contribution >= 4 is 79.2 Å². The van der Waals surface area contributed by atoms with Gasteiger partial charge in [0.2, 0.25) is 16.9 Å². The maximum absolute atomic E-state index is 14.3. The molecule has 0 bridgehead atoms. The first-order valence-corrected chi connectivity index (χ1v) is 22.9. The van der Waals surface area contributed by atoms with Crippen LogP contribution in [0, 0.1) is 11.2 Å². The molecule has 0 unspecified atom stereocenters. The van der Waals surface area contributed by atoms with Gasteiger partial charge in [0.15, 0.2) is 0 Å². The third-order valence-corrected chi connectivity index (χ3v) is 12.4. The molecule has 8 N–H and O–H groups in total. The highest BCUT2D eigenvalue weighted by Crippen LogP contribution is 2.35. The molecule has 1 aliphatic heterocycles. The molecule has 4 aromatic rings. The predicted molar refractivity (Wildman–Crippen MR) is 244 cm³/mol. The summed E-state index contributed by atoms with van der Waals surface area (Å²) in [6, 6.07) is 15.2. The van der Waals surface area contributed by atoms with Gasteiger partial charge in [0.05, 0.1) is 5.56 Å². The van der Waals surface area contributed by atoms with Crippen molar-refractivity contribution in [1.82, 2.24) is 31.2 Å². The summed E-state index contributed by atoms with van der Waals surface area (Å²) < 4.78 is 24.9. The average molecular weight is 921 g/mol. The summed E-state index contributed by atoms with van der Waals surface area (Å²) in [4.78, 5) is 91.5. The van der Waals surface area contributed by atoms with E-state index in [4.69, 9.17) is 15.2 Å².